The number of ether oxygens (including phenoxy) is 1. The lowest BCUT2D eigenvalue weighted by atomic mass is 10.0. The Labute approximate surface area is 443 Å². The Morgan fingerprint density at radius 3 is 1.11 bits per heavy atom. The van der Waals surface area contributed by atoms with E-state index in [0.717, 1.165) is 51.4 Å². The van der Waals surface area contributed by atoms with Gasteiger partial charge in [0.1, 0.15) is 0 Å². The molecule has 6 heteroatoms. The van der Waals surface area contributed by atoms with E-state index in [0.29, 0.717) is 25.9 Å². The maximum absolute atomic E-state index is 12.5. The van der Waals surface area contributed by atoms with E-state index in [1.807, 2.05) is 0 Å². The standard InChI is InChI=1S/C65H123NO5/c1-3-5-7-9-11-13-15-17-19-26-31-35-39-43-47-51-55-59-65(70)71-60-56-52-48-44-40-36-32-28-25-23-21-22-24-27-30-34-38-42-46-50-54-58-64(69)66-62(61-67)63(68)57-53-49-45-41-37-33-29-20-18-16-14-12-10-8-6-4-2/h11,13,17,19,22,24,62-63,67-68H,3-10,12,14-16,18,20-21,23,25-61H2,1-2H3,(H,66,69)/b13-11-,19-17-,24-22-. The van der Waals surface area contributed by atoms with Crippen LogP contribution in [0.4, 0.5) is 0 Å². The summed E-state index contributed by atoms with van der Waals surface area (Å²) in [6.45, 7) is 4.93. The van der Waals surface area contributed by atoms with Gasteiger partial charge in [0.25, 0.3) is 0 Å². The molecule has 0 saturated carbocycles. The molecule has 0 radical (unpaired) electrons. The van der Waals surface area contributed by atoms with Crippen molar-refractivity contribution in [3.8, 4) is 0 Å². The van der Waals surface area contributed by atoms with Crippen LogP contribution < -0.4 is 5.32 Å². The Bertz CT molecular complexity index is 1150. The van der Waals surface area contributed by atoms with Gasteiger partial charge in [0.2, 0.25) is 5.91 Å². The van der Waals surface area contributed by atoms with Crippen molar-refractivity contribution in [3.05, 3.63) is 36.5 Å². The average Bonchev–Trinajstić information content (AvgIpc) is 3.37. The van der Waals surface area contributed by atoms with Gasteiger partial charge in [-0.1, -0.05) is 281 Å². The smallest absolute Gasteiger partial charge is 0.305 e. The highest BCUT2D eigenvalue weighted by molar-refractivity contribution is 5.76. The van der Waals surface area contributed by atoms with Gasteiger partial charge in [0, 0.05) is 12.8 Å². The number of allylic oxidation sites excluding steroid dienone is 6. The molecule has 71 heavy (non-hydrogen) atoms. The summed E-state index contributed by atoms with van der Waals surface area (Å²) in [5.74, 6) is -0.0404. The van der Waals surface area contributed by atoms with Crippen LogP contribution in [-0.4, -0.2) is 47.4 Å². The predicted octanol–water partition coefficient (Wildman–Crippen LogP) is 20.0. The molecule has 2 unspecified atom stereocenters. The zero-order valence-corrected chi connectivity index (χ0v) is 47.7. The molecular formula is C65H123NO5. The van der Waals surface area contributed by atoms with Crippen LogP contribution >= 0.6 is 0 Å². The fraction of sp³-hybridized carbons (Fsp3) is 0.877. The number of carbonyl (C=O) groups excluding carboxylic acids is 2. The van der Waals surface area contributed by atoms with Gasteiger partial charge >= 0.3 is 5.97 Å². The third-order valence-corrected chi connectivity index (χ3v) is 14.7. The summed E-state index contributed by atoms with van der Waals surface area (Å²) in [7, 11) is 0. The molecule has 0 aliphatic rings. The SMILES string of the molecule is CCCCC/C=C\C/C=C\CCCCCCCCCC(=O)OCCCCCCCCCCCC/C=C\CCCCCCCCCC(=O)NC(CO)C(O)CCCCCCCCCCCCCCCCCC. The second-order valence-electron chi connectivity index (χ2n) is 21.7. The summed E-state index contributed by atoms with van der Waals surface area (Å²) >= 11 is 0. The third kappa shape index (κ3) is 57.2. The van der Waals surface area contributed by atoms with Crippen LogP contribution in [0.2, 0.25) is 0 Å². The van der Waals surface area contributed by atoms with E-state index in [2.05, 4.69) is 55.6 Å². The van der Waals surface area contributed by atoms with Crippen molar-refractivity contribution in [3.63, 3.8) is 0 Å². The van der Waals surface area contributed by atoms with Crippen LogP contribution in [0.15, 0.2) is 36.5 Å². The lowest BCUT2D eigenvalue weighted by Crippen LogP contribution is -2.45. The van der Waals surface area contributed by atoms with Crippen LogP contribution in [0, 0.1) is 0 Å². The first-order valence-corrected chi connectivity index (χ1v) is 31.7. The fourth-order valence-corrected chi connectivity index (χ4v) is 9.78. The van der Waals surface area contributed by atoms with Gasteiger partial charge in [0.05, 0.1) is 25.4 Å². The van der Waals surface area contributed by atoms with Crippen molar-refractivity contribution in [2.75, 3.05) is 13.2 Å². The molecule has 0 bridgehead atoms. The summed E-state index contributed by atoms with van der Waals surface area (Å²) in [4.78, 5) is 24.6. The summed E-state index contributed by atoms with van der Waals surface area (Å²) in [5, 5.41) is 23.3. The molecule has 6 nitrogen and oxygen atoms in total. The molecule has 0 spiro atoms. The largest absolute Gasteiger partial charge is 0.466 e. The van der Waals surface area contributed by atoms with E-state index in [-0.39, 0.29) is 18.5 Å². The van der Waals surface area contributed by atoms with Crippen molar-refractivity contribution in [2.24, 2.45) is 0 Å². The van der Waals surface area contributed by atoms with Crippen LogP contribution in [0.5, 0.6) is 0 Å². The maximum Gasteiger partial charge on any atom is 0.305 e. The number of carbonyl (C=O) groups is 2. The van der Waals surface area contributed by atoms with Crippen molar-refractivity contribution in [1.29, 1.82) is 0 Å². The molecule has 418 valence electrons. The molecule has 2 atom stereocenters. The predicted molar refractivity (Wildman–Crippen MR) is 310 cm³/mol. The minimum atomic E-state index is -0.670. The highest BCUT2D eigenvalue weighted by Crippen LogP contribution is 2.17. The molecule has 0 aromatic carbocycles. The van der Waals surface area contributed by atoms with E-state index < -0.39 is 12.1 Å². The van der Waals surface area contributed by atoms with E-state index in [1.54, 1.807) is 0 Å². The Balaban J connectivity index is 3.42. The van der Waals surface area contributed by atoms with Crippen LogP contribution in [0.1, 0.15) is 341 Å². The van der Waals surface area contributed by atoms with Gasteiger partial charge in [-0.05, 0) is 83.5 Å². The highest BCUT2D eigenvalue weighted by Gasteiger charge is 2.20. The molecule has 0 saturated heterocycles. The number of esters is 1. The van der Waals surface area contributed by atoms with Crippen LogP contribution in [0.3, 0.4) is 0 Å². The third-order valence-electron chi connectivity index (χ3n) is 14.7. The number of hydrogen-bond acceptors (Lipinski definition) is 5. The molecule has 0 fully saturated rings. The first-order chi connectivity index (χ1) is 35.0. The monoisotopic (exact) mass is 998 g/mol. The number of aliphatic hydroxyl groups excluding tert-OH is 2. The van der Waals surface area contributed by atoms with E-state index >= 15 is 0 Å². The second kappa shape index (κ2) is 60.6. The molecule has 0 rings (SSSR count). The number of aliphatic hydroxyl groups is 2. The first kappa shape index (κ1) is 69.1. The van der Waals surface area contributed by atoms with Crippen LogP contribution in [-0.2, 0) is 14.3 Å². The average molecular weight is 999 g/mol. The van der Waals surface area contributed by atoms with Gasteiger partial charge in [-0.25, -0.2) is 0 Å². The first-order valence-electron chi connectivity index (χ1n) is 31.7. The Morgan fingerprint density at radius 2 is 0.704 bits per heavy atom. The molecule has 0 heterocycles. The lowest BCUT2D eigenvalue weighted by molar-refractivity contribution is -0.143. The summed E-state index contributed by atoms with van der Waals surface area (Å²) in [5.41, 5.74) is 0. The van der Waals surface area contributed by atoms with E-state index in [4.69, 9.17) is 4.74 Å². The van der Waals surface area contributed by atoms with Crippen LogP contribution in [0.25, 0.3) is 0 Å². The van der Waals surface area contributed by atoms with Crippen molar-refractivity contribution >= 4 is 11.9 Å². The Morgan fingerprint density at radius 1 is 0.394 bits per heavy atom. The van der Waals surface area contributed by atoms with E-state index in [1.165, 1.54) is 257 Å². The zero-order valence-electron chi connectivity index (χ0n) is 47.7. The molecule has 0 aliphatic carbocycles. The molecule has 0 aromatic heterocycles. The lowest BCUT2D eigenvalue weighted by Gasteiger charge is -2.22. The topological polar surface area (TPSA) is 95.9 Å². The Hall–Kier alpha value is -1.92. The maximum atomic E-state index is 12.5. The quantitative estimate of drug-likeness (QED) is 0.0321. The van der Waals surface area contributed by atoms with Gasteiger partial charge in [-0.15, -0.1) is 0 Å². The summed E-state index contributed by atoms with van der Waals surface area (Å²) in [6, 6.07) is -0.548. The highest BCUT2D eigenvalue weighted by atomic mass is 16.5. The molecule has 0 aliphatic heterocycles. The van der Waals surface area contributed by atoms with Gasteiger partial charge in [-0.3, -0.25) is 9.59 Å². The molecule has 3 N–H and O–H groups in total. The van der Waals surface area contributed by atoms with Crippen molar-refractivity contribution in [2.45, 2.75) is 353 Å². The fourth-order valence-electron chi connectivity index (χ4n) is 9.78. The second-order valence-corrected chi connectivity index (χ2v) is 21.7. The number of unbranched alkanes of at least 4 members (excludes halogenated alkanes) is 42. The summed E-state index contributed by atoms with van der Waals surface area (Å²) in [6.07, 6.45) is 75.8. The van der Waals surface area contributed by atoms with Crippen molar-refractivity contribution in [1.82, 2.24) is 5.32 Å². The molecule has 0 aromatic rings. The minimum Gasteiger partial charge on any atom is -0.466 e. The van der Waals surface area contributed by atoms with Gasteiger partial charge < -0.3 is 20.3 Å². The Kier molecular flexibility index (Phi) is 59.0. The zero-order chi connectivity index (χ0) is 51.4. The number of amides is 1. The van der Waals surface area contributed by atoms with Crippen molar-refractivity contribution < 1.29 is 24.5 Å². The molecular weight excluding hydrogens is 875 g/mol. The number of nitrogens with one attached hydrogen (secondary N) is 1. The number of rotatable bonds is 59. The summed E-state index contributed by atoms with van der Waals surface area (Å²) < 4.78 is 5.49. The minimum absolute atomic E-state index is 0.000690. The number of hydrogen-bond donors (Lipinski definition) is 3. The van der Waals surface area contributed by atoms with E-state index in [9.17, 15) is 19.8 Å². The normalized spacial score (nSPS) is 12.8. The van der Waals surface area contributed by atoms with Gasteiger partial charge in [0.15, 0.2) is 0 Å². The molecule has 1 amide bonds. The van der Waals surface area contributed by atoms with Gasteiger partial charge in [-0.2, -0.15) is 0 Å².